The first kappa shape index (κ1) is 20.5. The van der Waals surface area contributed by atoms with E-state index in [1.54, 1.807) is 12.4 Å². The van der Waals surface area contributed by atoms with Gasteiger partial charge in [-0.25, -0.2) is 9.78 Å². The second-order valence-corrected chi connectivity index (χ2v) is 7.87. The van der Waals surface area contributed by atoms with E-state index in [2.05, 4.69) is 15.3 Å². The molecule has 0 saturated carbocycles. The van der Waals surface area contributed by atoms with E-state index in [9.17, 15) is 4.79 Å². The summed E-state index contributed by atoms with van der Waals surface area (Å²) >= 11 is 0. The molecule has 0 aliphatic carbocycles. The normalized spacial score (nSPS) is 12.2. The fraction of sp³-hybridized carbons (Fsp3) is 0.304. The monoisotopic (exact) mass is 393 g/mol. The Morgan fingerprint density at radius 1 is 1.07 bits per heavy atom. The van der Waals surface area contributed by atoms with Crippen LogP contribution in [0.2, 0.25) is 0 Å². The van der Waals surface area contributed by atoms with E-state index in [0.717, 1.165) is 16.9 Å². The molecule has 0 aliphatic rings. The van der Waals surface area contributed by atoms with Crippen LogP contribution >= 0.6 is 0 Å². The molecule has 2 aromatic carbocycles. The van der Waals surface area contributed by atoms with E-state index in [1.807, 2.05) is 75.4 Å². The molecule has 1 atom stereocenters. The molecule has 152 valence electrons. The molecule has 1 heterocycles. The molecule has 3 rings (SSSR count). The molecule has 0 spiro atoms. The van der Waals surface area contributed by atoms with E-state index < -0.39 is 12.2 Å². The van der Waals surface area contributed by atoms with E-state index in [0.29, 0.717) is 18.9 Å². The first-order valence-corrected chi connectivity index (χ1v) is 9.63. The number of aromatic amines is 1. The molecule has 1 aromatic heterocycles. The zero-order valence-corrected chi connectivity index (χ0v) is 17.0. The summed E-state index contributed by atoms with van der Waals surface area (Å²) in [6.45, 7) is 6.24. The zero-order chi connectivity index (χ0) is 20.7. The summed E-state index contributed by atoms with van der Waals surface area (Å²) < 4.78 is 11.5. The highest BCUT2D eigenvalue weighted by Crippen LogP contribution is 2.22. The summed E-state index contributed by atoms with van der Waals surface area (Å²) in [7, 11) is 0. The number of rotatable bonds is 7. The molecule has 6 nitrogen and oxygen atoms in total. The van der Waals surface area contributed by atoms with Crippen LogP contribution in [0.5, 0.6) is 5.75 Å². The van der Waals surface area contributed by atoms with Gasteiger partial charge in [-0.3, -0.25) is 0 Å². The third-order valence-corrected chi connectivity index (χ3v) is 4.14. The molecular formula is C23H27N3O3. The Labute approximate surface area is 171 Å². The number of nitrogens with zero attached hydrogens (tertiary/aromatic N) is 1. The van der Waals surface area contributed by atoms with Crippen molar-refractivity contribution in [3.05, 3.63) is 83.9 Å². The molecule has 0 fully saturated rings. The Morgan fingerprint density at radius 2 is 1.79 bits per heavy atom. The standard InChI is InChI=1S/C23H27N3O3/c1-23(2,3)26-22(27)29-20(21-24-13-14-25-21)15-17-9-11-19(12-10-17)28-16-18-7-5-4-6-8-18/h4-14,20H,15-16H2,1-3H3,(H,24,25)(H,26,27). The third-order valence-electron chi connectivity index (χ3n) is 4.14. The predicted octanol–water partition coefficient (Wildman–Crippen LogP) is 4.80. The number of hydrogen-bond donors (Lipinski definition) is 2. The van der Waals surface area contributed by atoms with Crippen LogP contribution in [-0.2, 0) is 17.8 Å². The van der Waals surface area contributed by atoms with Gasteiger partial charge in [0.2, 0.25) is 0 Å². The Morgan fingerprint density at radius 3 is 2.41 bits per heavy atom. The van der Waals surface area contributed by atoms with Gasteiger partial charge in [0.1, 0.15) is 18.2 Å². The second kappa shape index (κ2) is 9.28. The van der Waals surface area contributed by atoms with E-state index in [-0.39, 0.29) is 5.54 Å². The maximum atomic E-state index is 12.2. The van der Waals surface area contributed by atoms with E-state index in [1.165, 1.54) is 0 Å². The van der Waals surface area contributed by atoms with Crippen molar-refractivity contribution in [1.82, 2.24) is 15.3 Å². The van der Waals surface area contributed by atoms with Crippen molar-refractivity contribution in [2.24, 2.45) is 0 Å². The lowest BCUT2D eigenvalue weighted by molar-refractivity contribution is 0.0869. The number of aromatic nitrogens is 2. The quantitative estimate of drug-likeness (QED) is 0.605. The Kier molecular flexibility index (Phi) is 6.54. The van der Waals surface area contributed by atoms with Gasteiger partial charge >= 0.3 is 6.09 Å². The van der Waals surface area contributed by atoms with Crippen LogP contribution in [0.4, 0.5) is 4.79 Å². The van der Waals surface area contributed by atoms with Gasteiger partial charge in [-0.15, -0.1) is 0 Å². The predicted molar refractivity (Wildman–Crippen MR) is 112 cm³/mol. The van der Waals surface area contributed by atoms with Crippen molar-refractivity contribution in [2.75, 3.05) is 0 Å². The van der Waals surface area contributed by atoms with E-state index in [4.69, 9.17) is 9.47 Å². The van der Waals surface area contributed by atoms with E-state index >= 15 is 0 Å². The number of benzene rings is 2. The number of nitrogens with one attached hydrogen (secondary N) is 2. The highest BCUT2D eigenvalue weighted by Gasteiger charge is 2.22. The number of alkyl carbamates (subject to hydrolysis) is 1. The Hall–Kier alpha value is -3.28. The van der Waals surface area contributed by atoms with Gasteiger partial charge in [0.15, 0.2) is 6.10 Å². The summed E-state index contributed by atoms with van der Waals surface area (Å²) in [5.74, 6) is 1.40. The summed E-state index contributed by atoms with van der Waals surface area (Å²) in [6.07, 6.45) is 2.89. The lowest BCUT2D eigenvalue weighted by atomic mass is 10.1. The third kappa shape index (κ3) is 6.68. The van der Waals surface area contributed by atoms with Crippen molar-refractivity contribution in [3.63, 3.8) is 0 Å². The molecule has 0 bridgehead atoms. The molecular weight excluding hydrogens is 366 g/mol. The summed E-state index contributed by atoms with van der Waals surface area (Å²) in [6, 6.07) is 17.8. The topological polar surface area (TPSA) is 76.2 Å². The fourth-order valence-corrected chi connectivity index (χ4v) is 2.79. The lowest BCUT2D eigenvalue weighted by Crippen LogP contribution is -2.41. The number of ether oxygens (including phenoxy) is 2. The minimum absolute atomic E-state index is 0.372. The zero-order valence-electron chi connectivity index (χ0n) is 17.0. The average Bonchev–Trinajstić information content (AvgIpc) is 3.21. The minimum Gasteiger partial charge on any atom is -0.489 e. The van der Waals surface area contributed by atoms with Crippen LogP contribution in [0.3, 0.4) is 0 Å². The van der Waals surface area contributed by atoms with Gasteiger partial charge in [-0.1, -0.05) is 42.5 Å². The van der Waals surface area contributed by atoms with Gasteiger partial charge in [0.25, 0.3) is 0 Å². The number of carbonyl (C=O) groups excluding carboxylic acids is 1. The Balaban J connectivity index is 1.62. The molecule has 0 saturated heterocycles. The van der Waals surface area contributed by atoms with Crippen molar-refractivity contribution in [3.8, 4) is 5.75 Å². The average molecular weight is 393 g/mol. The Bertz CT molecular complexity index is 885. The SMILES string of the molecule is CC(C)(C)NC(=O)OC(Cc1ccc(OCc2ccccc2)cc1)c1ncc[nH]1. The van der Waals surface area contributed by atoms with Crippen LogP contribution in [0.15, 0.2) is 67.0 Å². The first-order valence-electron chi connectivity index (χ1n) is 9.63. The summed E-state index contributed by atoms with van der Waals surface area (Å²) in [5, 5.41) is 2.82. The minimum atomic E-state index is -0.511. The highest BCUT2D eigenvalue weighted by molar-refractivity contribution is 5.68. The number of hydrogen-bond acceptors (Lipinski definition) is 4. The fourth-order valence-electron chi connectivity index (χ4n) is 2.79. The smallest absolute Gasteiger partial charge is 0.408 e. The highest BCUT2D eigenvalue weighted by atomic mass is 16.6. The maximum absolute atomic E-state index is 12.2. The van der Waals surface area contributed by atoms with Crippen molar-refractivity contribution in [2.45, 2.75) is 45.4 Å². The molecule has 3 aromatic rings. The molecule has 29 heavy (non-hydrogen) atoms. The molecule has 1 amide bonds. The van der Waals surface area contributed by atoms with Gasteiger partial charge < -0.3 is 19.8 Å². The molecule has 2 N–H and O–H groups in total. The van der Waals surface area contributed by atoms with Crippen molar-refractivity contribution in [1.29, 1.82) is 0 Å². The van der Waals surface area contributed by atoms with Gasteiger partial charge in [0.05, 0.1) is 0 Å². The number of carbonyl (C=O) groups is 1. The van der Waals surface area contributed by atoms with Gasteiger partial charge in [0, 0.05) is 24.4 Å². The summed E-state index contributed by atoms with van der Waals surface area (Å²) in [4.78, 5) is 19.5. The molecule has 1 unspecified atom stereocenters. The largest absolute Gasteiger partial charge is 0.489 e. The number of H-pyrrole nitrogens is 1. The van der Waals surface area contributed by atoms with Crippen LogP contribution in [0.25, 0.3) is 0 Å². The van der Waals surface area contributed by atoms with Crippen LogP contribution in [0.1, 0.15) is 43.8 Å². The first-order chi connectivity index (χ1) is 13.9. The van der Waals surface area contributed by atoms with Gasteiger partial charge in [-0.05, 0) is 44.0 Å². The van der Waals surface area contributed by atoms with Crippen molar-refractivity contribution >= 4 is 6.09 Å². The second-order valence-electron chi connectivity index (χ2n) is 7.87. The number of amides is 1. The van der Waals surface area contributed by atoms with Crippen LogP contribution in [0, 0.1) is 0 Å². The van der Waals surface area contributed by atoms with Crippen molar-refractivity contribution < 1.29 is 14.3 Å². The van der Waals surface area contributed by atoms with Crippen LogP contribution < -0.4 is 10.1 Å². The van der Waals surface area contributed by atoms with Gasteiger partial charge in [-0.2, -0.15) is 0 Å². The number of imidazole rings is 1. The molecule has 0 radical (unpaired) electrons. The molecule has 0 aliphatic heterocycles. The van der Waals surface area contributed by atoms with Crippen LogP contribution in [-0.4, -0.2) is 21.6 Å². The summed E-state index contributed by atoms with van der Waals surface area (Å²) in [5.41, 5.74) is 1.76. The lowest BCUT2D eigenvalue weighted by Gasteiger charge is -2.23. The maximum Gasteiger partial charge on any atom is 0.408 e. The molecule has 6 heteroatoms.